The van der Waals surface area contributed by atoms with Crippen molar-refractivity contribution in [3.63, 3.8) is 0 Å². The topological polar surface area (TPSA) is 17.1 Å². The number of benzene rings is 2. The molecule has 0 spiro atoms. The second-order valence-corrected chi connectivity index (χ2v) is 5.70. The normalized spacial score (nSPS) is 10.5. The maximum Gasteiger partial charge on any atom is 0.168 e. The average Bonchev–Trinajstić information content (AvgIpc) is 2.36. The number of rotatable bonds is 3. The third-order valence-corrected chi connectivity index (χ3v) is 3.71. The highest BCUT2D eigenvalue weighted by Gasteiger charge is 2.12. The van der Waals surface area contributed by atoms with Crippen LogP contribution in [-0.4, -0.2) is 5.78 Å². The van der Waals surface area contributed by atoms with E-state index in [9.17, 15) is 9.18 Å². The van der Waals surface area contributed by atoms with Crippen LogP contribution in [0.5, 0.6) is 0 Å². The number of hydrogen-bond donors (Lipinski definition) is 0. The highest BCUT2D eigenvalue weighted by Crippen LogP contribution is 2.23. The van der Waals surface area contributed by atoms with Crippen molar-refractivity contribution in [3.05, 3.63) is 67.9 Å². The van der Waals surface area contributed by atoms with Crippen LogP contribution in [0.4, 0.5) is 4.39 Å². The van der Waals surface area contributed by atoms with Crippen LogP contribution in [0.2, 0.25) is 10.0 Å². The lowest BCUT2D eigenvalue weighted by molar-refractivity contribution is 0.0993. The second kappa shape index (κ2) is 6.04. The lowest BCUT2D eigenvalue weighted by Gasteiger charge is -2.05. The van der Waals surface area contributed by atoms with Gasteiger partial charge in [-0.2, -0.15) is 0 Å². The highest BCUT2D eigenvalue weighted by atomic mass is 79.9. The van der Waals surface area contributed by atoms with Crippen molar-refractivity contribution in [3.8, 4) is 0 Å². The average molecular weight is 362 g/mol. The maximum atomic E-state index is 13.3. The van der Waals surface area contributed by atoms with E-state index < -0.39 is 5.82 Å². The Kier molecular flexibility index (Phi) is 4.61. The lowest BCUT2D eigenvalue weighted by atomic mass is 10.0. The van der Waals surface area contributed by atoms with Crippen molar-refractivity contribution in [2.75, 3.05) is 0 Å². The van der Waals surface area contributed by atoms with Crippen LogP contribution in [0.3, 0.4) is 0 Å². The maximum absolute atomic E-state index is 13.3. The van der Waals surface area contributed by atoms with E-state index in [0.29, 0.717) is 16.1 Å². The number of hydrogen-bond acceptors (Lipinski definition) is 1. The monoisotopic (exact) mass is 360 g/mol. The van der Waals surface area contributed by atoms with Gasteiger partial charge in [-0.15, -0.1) is 0 Å². The molecule has 0 radical (unpaired) electrons. The molecule has 0 unspecified atom stereocenters. The molecule has 19 heavy (non-hydrogen) atoms. The molecule has 0 aliphatic rings. The van der Waals surface area contributed by atoms with Crippen LogP contribution in [0.15, 0.2) is 40.9 Å². The van der Waals surface area contributed by atoms with Gasteiger partial charge in [-0.25, -0.2) is 4.39 Å². The molecule has 0 N–H and O–H groups in total. The summed E-state index contributed by atoms with van der Waals surface area (Å²) in [6.45, 7) is 0. The number of ketones is 1. The first-order valence-corrected chi connectivity index (χ1v) is 6.94. The Balaban J connectivity index is 2.25. The number of halogens is 4. The fourth-order valence-electron chi connectivity index (χ4n) is 1.64. The molecule has 2 aromatic rings. The Morgan fingerprint density at radius 3 is 2.47 bits per heavy atom. The third kappa shape index (κ3) is 3.56. The van der Waals surface area contributed by atoms with Crippen molar-refractivity contribution in [1.82, 2.24) is 0 Å². The van der Waals surface area contributed by atoms with Crippen LogP contribution in [-0.2, 0) is 6.42 Å². The molecule has 98 valence electrons. The van der Waals surface area contributed by atoms with Gasteiger partial charge in [0.25, 0.3) is 0 Å². The zero-order chi connectivity index (χ0) is 14.0. The molecule has 0 aromatic heterocycles. The zero-order valence-electron chi connectivity index (χ0n) is 9.59. The molecule has 2 aromatic carbocycles. The van der Waals surface area contributed by atoms with Crippen LogP contribution in [0.1, 0.15) is 15.9 Å². The fourth-order valence-corrected chi connectivity index (χ4v) is 2.34. The smallest absolute Gasteiger partial charge is 0.168 e. The second-order valence-electron chi connectivity index (χ2n) is 3.97. The first-order chi connectivity index (χ1) is 8.97. The predicted molar refractivity (Wildman–Crippen MR) is 78.6 cm³/mol. The Morgan fingerprint density at radius 2 is 1.79 bits per heavy atom. The van der Waals surface area contributed by atoms with Gasteiger partial charge in [-0.1, -0.05) is 45.2 Å². The van der Waals surface area contributed by atoms with E-state index in [1.807, 2.05) is 0 Å². The van der Waals surface area contributed by atoms with E-state index in [4.69, 9.17) is 23.2 Å². The fraction of sp³-hybridized carbons (Fsp3) is 0.0714. The van der Waals surface area contributed by atoms with Gasteiger partial charge in [0.05, 0.1) is 10.0 Å². The van der Waals surface area contributed by atoms with Crippen molar-refractivity contribution >= 4 is 44.9 Å². The summed E-state index contributed by atoms with van der Waals surface area (Å²) in [6.07, 6.45) is 0.0737. The quantitative estimate of drug-likeness (QED) is 0.676. The van der Waals surface area contributed by atoms with Gasteiger partial charge < -0.3 is 0 Å². The summed E-state index contributed by atoms with van der Waals surface area (Å²) in [4.78, 5) is 12.1. The predicted octanol–water partition coefficient (Wildman–Crippen LogP) is 5.32. The molecule has 2 rings (SSSR count). The minimum Gasteiger partial charge on any atom is -0.294 e. The van der Waals surface area contributed by atoms with Gasteiger partial charge in [0.1, 0.15) is 5.82 Å². The van der Waals surface area contributed by atoms with Crippen LogP contribution in [0, 0.1) is 5.82 Å². The van der Waals surface area contributed by atoms with Gasteiger partial charge in [-0.3, -0.25) is 4.79 Å². The van der Waals surface area contributed by atoms with E-state index >= 15 is 0 Å². The summed E-state index contributed by atoms with van der Waals surface area (Å²) in [5.41, 5.74) is 0.967. The largest absolute Gasteiger partial charge is 0.294 e. The van der Waals surface area contributed by atoms with Gasteiger partial charge in [0.2, 0.25) is 0 Å². The Hall–Kier alpha value is -0.900. The van der Waals surface area contributed by atoms with Crippen LogP contribution >= 0.6 is 39.1 Å². The Labute approximate surface area is 128 Å². The number of carbonyl (C=O) groups is 1. The SMILES string of the molecule is O=C(Cc1ccc(Cl)c(F)c1)c1cc(Br)ccc1Cl. The molecule has 0 amide bonds. The molecule has 0 saturated heterocycles. The van der Waals surface area contributed by atoms with E-state index in [0.717, 1.165) is 4.47 Å². The molecular formula is C14H8BrCl2FO. The van der Waals surface area contributed by atoms with Gasteiger partial charge in [0, 0.05) is 16.5 Å². The molecule has 0 bridgehead atoms. The first kappa shape index (κ1) is 14.5. The molecule has 0 fully saturated rings. The van der Waals surface area contributed by atoms with E-state index in [1.165, 1.54) is 12.1 Å². The minimum atomic E-state index is -0.535. The van der Waals surface area contributed by atoms with Gasteiger partial charge in [-0.05, 0) is 35.9 Å². The molecule has 0 atom stereocenters. The highest BCUT2D eigenvalue weighted by molar-refractivity contribution is 9.10. The molecule has 0 heterocycles. The Bertz CT molecular complexity index is 643. The number of Topliss-reactive ketones (excluding diaryl/α,β-unsaturated/α-hetero) is 1. The van der Waals surface area contributed by atoms with Crippen LogP contribution < -0.4 is 0 Å². The summed E-state index contributed by atoms with van der Waals surface area (Å²) in [6, 6.07) is 9.35. The number of carbonyl (C=O) groups excluding carboxylic acids is 1. The molecule has 5 heteroatoms. The summed E-state index contributed by atoms with van der Waals surface area (Å²) < 4.78 is 14.1. The molecule has 0 saturated carbocycles. The first-order valence-electron chi connectivity index (χ1n) is 5.39. The summed E-state index contributed by atoms with van der Waals surface area (Å²) >= 11 is 14.9. The summed E-state index contributed by atoms with van der Waals surface area (Å²) in [5.74, 6) is -0.708. The third-order valence-electron chi connectivity index (χ3n) is 2.58. The zero-order valence-corrected chi connectivity index (χ0v) is 12.7. The summed E-state index contributed by atoms with van der Waals surface area (Å²) in [7, 11) is 0. The molecule has 1 nitrogen and oxygen atoms in total. The lowest BCUT2D eigenvalue weighted by Crippen LogP contribution is -2.04. The van der Waals surface area contributed by atoms with Gasteiger partial charge >= 0.3 is 0 Å². The van der Waals surface area contributed by atoms with Crippen molar-refractivity contribution in [2.45, 2.75) is 6.42 Å². The molecule has 0 aliphatic carbocycles. The van der Waals surface area contributed by atoms with Crippen molar-refractivity contribution in [1.29, 1.82) is 0 Å². The van der Waals surface area contributed by atoms with Crippen molar-refractivity contribution < 1.29 is 9.18 Å². The Morgan fingerprint density at radius 1 is 1.11 bits per heavy atom. The molecule has 0 aliphatic heterocycles. The minimum absolute atomic E-state index is 0.0386. The van der Waals surface area contributed by atoms with E-state index in [1.54, 1.807) is 24.3 Å². The van der Waals surface area contributed by atoms with Crippen molar-refractivity contribution in [2.24, 2.45) is 0 Å². The standard InChI is InChI=1S/C14H8BrCl2FO/c15-9-2-4-11(16)10(7-9)14(19)6-8-1-3-12(17)13(18)5-8/h1-5,7H,6H2. The van der Waals surface area contributed by atoms with Crippen LogP contribution in [0.25, 0.3) is 0 Å². The molecular weight excluding hydrogens is 354 g/mol. The summed E-state index contributed by atoms with van der Waals surface area (Å²) in [5, 5.41) is 0.416. The van der Waals surface area contributed by atoms with E-state index in [-0.39, 0.29) is 17.2 Å². The van der Waals surface area contributed by atoms with Gasteiger partial charge in [0.15, 0.2) is 5.78 Å². The van der Waals surface area contributed by atoms with E-state index in [2.05, 4.69) is 15.9 Å².